The quantitative estimate of drug-likeness (QED) is 0.761. The lowest BCUT2D eigenvalue weighted by Crippen LogP contribution is -2.47. The largest absolute Gasteiger partial charge is 0.369 e. The zero-order chi connectivity index (χ0) is 19.1. The highest BCUT2D eigenvalue weighted by Gasteiger charge is 2.16. The molecule has 1 amide bonds. The van der Waals surface area contributed by atoms with Crippen LogP contribution < -0.4 is 10.2 Å². The number of carbonyl (C=O) groups is 1. The number of rotatable bonds is 7. The van der Waals surface area contributed by atoms with E-state index in [1.807, 2.05) is 36.4 Å². The summed E-state index contributed by atoms with van der Waals surface area (Å²) in [5.74, 6) is -0.195. The van der Waals surface area contributed by atoms with Gasteiger partial charge in [-0.15, -0.1) is 0 Å². The molecule has 27 heavy (non-hydrogen) atoms. The summed E-state index contributed by atoms with van der Waals surface area (Å²) < 4.78 is 13.0. The first-order valence-electron chi connectivity index (χ1n) is 9.75. The van der Waals surface area contributed by atoms with Gasteiger partial charge in [-0.1, -0.05) is 19.1 Å². The number of hydrogen-bond acceptors (Lipinski definition) is 3. The highest BCUT2D eigenvalue weighted by molar-refractivity contribution is 5.94. The van der Waals surface area contributed by atoms with Gasteiger partial charge in [0.05, 0.1) is 0 Å². The average molecular weight is 369 g/mol. The maximum absolute atomic E-state index is 13.0. The maximum Gasteiger partial charge on any atom is 0.251 e. The number of benzene rings is 2. The van der Waals surface area contributed by atoms with E-state index >= 15 is 0 Å². The second-order valence-corrected chi connectivity index (χ2v) is 6.97. The number of piperazine rings is 1. The Morgan fingerprint density at radius 2 is 1.67 bits per heavy atom. The monoisotopic (exact) mass is 369 g/mol. The third-order valence-electron chi connectivity index (χ3n) is 5.13. The Bertz CT molecular complexity index is 722. The molecule has 1 fully saturated rings. The van der Waals surface area contributed by atoms with Gasteiger partial charge < -0.3 is 10.2 Å². The molecule has 0 aromatic heterocycles. The molecule has 0 spiro atoms. The lowest BCUT2D eigenvalue weighted by atomic mass is 10.1. The van der Waals surface area contributed by atoms with E-state index in [9.17, 15) is 9.18 Å². The van der Waals surface area contributed by atoms with E-state index < -0.39 is 0 Å². The van der Waals surface area contributed by atoms with Gasteiger partial charge in [0.15, 0.2) is 0 Å². The molecule has 0 aliphatic carbocycles. The third-order valence-corrected chi connectivity index (χ3v) is 5.13. The van der Waals surface area contributed by atoms with Gasteiger partial charge >= 0.3 is 0 Å². The van der Waals surface area contributed by atoms with Crippen LogP contribution in [-0.2, 0) is 6.42 Å². The van der Waals surface area contributed by atoms with Crippen LogP contribution in [0.2, 0.25) is 0 Å². The molecular weight excluding hydrogens is 341 g/mol. The summed E-state index contributed by atoms with van der Waals surface area (Å²) in [7, 11) is 0. The highest BCUT2D eigenvalue weighted by atomic mass is 19.1. The Balaban J connectivity index is 1.34. The van der Waals surface area contributed by atoms with Crippen LogP contribution in [0, 0.1) is 5.82 Å². The first-order valence-corrected chi connectivity index (χ1v) is 9.75. The van der Waals surface area contributed by atoms with E-state index in [4.69, 9.17) is 0 Å². The number of nitrogens with zero attached hydrogens (tertiary/aromatic N) is 2. The topological polar surface area (TPSA) is 35.6 Å². The summed E-state index contributed by atoms with van der Waals surface area (Å²) in [5, 5.41) is 3.00. The summed E-state index contributed by atoms with van der Waals surface area (Å²) in [6.07, 6.45) is 1.92. The van der Waals surface area contributed by atoms with E-state index in [0.717, 1.165) is 56.8 Å². The minimum Gasteiger partial charge on any atom is -0.369 e. The van der Waals surface area contributed by atoms with Crippen LogP contribution in [-0.4, -0.2) is 50.1 Å². The molecule has 0 atom stereocenters. The van der Waals surface area contributed by atoms with Gasteiger partial charge in [0.25, 0.3) is 5.91 Å². The molecular formula is C22H28FN3O. The van der Waals surface area contributed by atoms with Crippen molar-refractivity contribution in [3.63, 3.8) is 0 Å². The molecule has 0 radical (unpaired) electrons. The van der Waals surface area contributed by atoms with Crippen molar-refractivity contribution < 1.29 is 9.18 Å². The number of carbonyl (C=O) groups excluding carboxylic acids is 1. The first-order chi connectivity index (χ1) is 13.2. The lowest BCUT2D eigenvalue weighted by Gasteiger charge is -2.36. The van der Waals surface area contributed by atoms with Crippen molar-refractivity contribution in [2.75, 3.05) is 44.2 Å². The van der Waals surface area contributed by atoms with Crippen molar-refractivity contribution in [3.8, 4) is 0 Å². The number of anilines is 1. The van der Waals surface area contributed by atoms with Gasteiger partial charge in [-0.05, 0) is 61.3 Å². The predicted octanol–water partition coefficient (Wildman–Crippen LogP) is 3.33. The predicted molar refractivity (Wildman–Crippen MR) is 108 cm³/mol. The molecule has 1 aliphatic heterocycles. The van der Waals surface area contributed by atoms with Crippen LogP contribution >= 0.6 is 0 Å². The minimum absolute atomic E-state index is 0.00113. The molecule has 3 rings (SSSR count). The molecule has 0 saturated carbocycles. The van der Waals surface area contributed by atoms with Crippen LogP contribution in [0.15, 0.2) is 48.5 Å². The summed E-state index contributed by atoms with van der Waals surface area (Å²) in [6.45, 7) is 7.64. The van der Waals surface area contributed by atoms with Gasteiger partial charge in [-0.3, -0.25) is 9.69 Å². The maximum atomic E-state index is 13.0. The Morgan fingerprint density at radius 1 is 1.00 bits per heavy atom. The van der Waals surface area contributed by atoms with E-state index in [0.29, 0.717) is 6.54 Å². The molecule has 0 unspecified atom stereocenters. The van der Waals surface area contributed by atoms with Gasteiger partial charge in [0.2, 0.25) is 0 Å². The van der Waals surface area contributed by atoms with E-state index in [1.54, 1.807) is 0 Å². The summed E-state index contributed by atoms with van der Waals surface area (Å²) >= 11 is 0. The SMILES string of the molecule is CCc1ccc(C(=O)NCCCN2CCN(c3ccc(F)cc3)CC2)cc1. The van der Waals surface area contributed by atoms with Crippen LogP contribution in [0.25, 0.3) is 0 Å². The molecule has 1 aliphatic rings. The van der Waals surface area contributed by atoms with E-state index in [1.165, 1.54) is 17.7 Å². The Labute approximate surface area is 161 Å². The van der Waals surface area contributed by atoms with Crippen LogP contribution in [0.1, 0.15) is 29.3 Å². The number of aryl methyl sites for hydroxylation is 1. The number of hydrogen-bond donors (Lipinski definition) is 1. The lowest BCUT2D eigenvalue weighted by molar-refractivity contribution is 0.0951. The fourth-order valence-electron chi connectivity index (χ4n) is 3.38. The number of amides is 1. The summed E-state index contributed by atoms with van der Waals surface area (Å²) in [4.78, 5) is 16.9. The molecule has 1 N–H and O–H groups in total. The van der Waals surface area contributed by atoms with Gasteiger partial charge in [-0.25, -0.2) is 4.39 Å². The molecule has 2 aromatic rings. The van der Waals surface area contributed by atoms with Crippen molar-refractivity contribution in [2.24, 2.45) is 0 Å². The highest BCUT2D eigenvalue weighted by Crippen LogP contribution is 2.16. The van der Waals surface area contributed by atoms with Crippen LogP contribution in [0.5, 0.6) is 0 Å². The fourth-order valence-corrected chi connectivity index (χ4v) is 3.38. The Kier molecular flexibility index (Phi) is 6.82. The van der Waals surface area contributed by atoms with Crippen molar-refractivity contribution in [3.05, 3.63) is 65.5 Å². The van der Waals surface area contributed by atoms with Crippen molar-refractivity contribution >= 4 is 11.6 Å². The summed E-state index contributed by atoms with van der Waals surface area (Å²) in [5.41, 5.74) is 3.05. The van der Waals surface area contributed by atoms with Crippen molar-refractivity contribution in [2.45, 2.75) is 19.8 Å². The Hall–Kier alpha value is -2.40. The second-order valence-electron chi connectivity index (χ2n) is 6.97. The molecule has 0 bridgehead atoms. The summed E-state index contributed by atoms with van der Waals surface area (Å²) in [6, 6.07) is 14.5. The number of halogens is 1. The fraction of sp³-hybridized carbons (Fsp3) is 0.409. The normalized spacial score (nSPS) is 15.0. The van der Waals surface area contributed by atoms with Crippen LogP contribution in [0.4, 0.5) is 10.1 Å². The first kappa shape index (κ1) is 19.4. The average Bonchev–Trinajstić information content (AvgIpc) is 2.72. The molecule has 144 valence electrons. The van der Waals surface area contributed by atoms with Crippen molar-refractivity contribution in [1.82, 2.24) is 10.2 Å². The van der Waals surface area contributed by atoms with Crippen LogP contribution in [0.3, 0.4) is 0 Å². The molecule has 4 nitrogen and oxygen atoms in total. The van der Waals surface area contributed by atoms with E-state index in [-0.39, 0.29) is 11.7 Å². The third kappa shape index (κ3) is 5.54. The minimum atomic E-state index is -0.194. The molecule has 1 saturated heterocycles. The zero-order valence-corrected chi connectivity index (χ0v) is 16.0. The molecule has 5 heteroatoms. The molecule has 2 aromatic carbocycles. The van der Waals surface area contributed by atoms with E-state index in [2.05, 4.69) is 22.0 Å². The smallest absolute Gasteiger partial charge is 0.251 e. The second kappa shape index (κ2) is 9.51. The van der Waals surface area contributed by atoms with Gasteiger partial charge in [0, 0.05) is 44.0 Å². The Morgan fingerprint density at radius 3 is 2.30 bits per heavy atom. The standard InChI is InChI=1S/C22H28FN3O/c1-2-18-4-6-19(7-5-18)22(27)24-12-3-13-25-14-16-26(17-15-25)21-10-8-20(23)9-11-21/h4-11H,2-3,12-17H2,1H3,(H,24,27). The number of nitrogens with one attached hydrogen (secondary N) is 1. The van der Waals surface area contributed by atoms with Gasteiger partial charge in [-0.2, -0.15) is 0 Å². The van der Waals surface area contributed by atoms with Gasteiger partial charge in [0.1, 0.15) is 5.82 Å². The molecule has 1 heterocycles. The zero-order valence-electron chi connectivity index (χ0n) is 16.0. The van der Waals surface area contributed by atoms with Crippen molar-refractivity contribution in [1.29, 1.82) is 0 Å².